The lowest BCUT2D eigenvalue weighted by atomic mass is 10.1. The fourth-order valence-electron chi connectivity index (χ4n) is 2.69. The molecule has 0 saturated carbocycles. The first-order valence-corrected chi connectivity index (χ1v) is 7.44. The summed E-state index contributed by atoms with van der Waals surface area (Å²) in [5, 5.41) is 3.60. The summed E-state index contributed by atoms with van der Waals surface area (Å²) in [4.78, 5) is 14.6. The summed E-state index contributed by atoms with van der Waals surface area (Å²) in [7, 11) is 0. The predicted octanol–water partition coefficient (Wildman–Crippen LogP) is 3.73. The highest BCUT2D eigenvalue weighted by molar-refractivity contribution is 6.30. The third-order valence-corrected chi connectivity index (χ3v) is 4.13. The zero-order valence-corrected chi connectivity index (χ0v) is 12.6. The summed E-state index contributed by atoms with van der Waals surface area (Å²) in [6.07, 6.45) is 0.995. The van der Waals surface area contributed by atoms with Gasteiger partial charge in [0.05, 0.1) is 0 Å². The number of nitrogens with zero attached hydrogens (tertiary/aromatic N) is 1. The first-order chi connectivity index (χ1) is 10.1. The van der Waals surface area contributed by atoms with Crippen LogP contribution in [-0.4, -0.2) is 18.5 Å². The number of benzene rings is 2. The number of fused-ring (bicyclic) bond motifs is 1. The van der Waals surface area contributed by atoms with Gasteiger partial charge in [-0.25, -0.2) is 0 Å². The van der Waals surface area contributed by atoms with E-state index in [4.69, 9.17) is 11.6 Å². The molecule has 1 amide bonds. The van der Waals surface area contributed by atoms with Crippen LogP contribution in [0.2, 0.25) is 5.02 Å². The van der Waals surface area contributed by atoms with Crippen molar-refractivity contribution < 1.29 is 4.79 Å². The van der Waals surface area contributed by atoms with Crippen molar-refractivity contribution in [3.8, 4) is 0 Å². The van der Waals surface area contributed by atoms with Gasteiger partial charge in [-0.15, -0.1) is 0 Å². The van der Waals surface area contributed by atoms with Gasteiger partial charge in [0, 0.05) is 22.9 Å². The molecule has 0 unspecified atom stereocenters. The SMILES string of the molecule is C[C@H](C(=O)Nc1ccc(Cl)cc1)N1CCc2ccccc21. The van der Waals surface area contributed by atoms with E-state index in [9.17, 15) is 4.79 Å². The van der Waals surface area contributed by atoms with E-state index in [1.165, 1.54) is 5.56 Å². The fraction of sp³-hybridized carbons (Fsp3) is 0.235. The van der Waals surface area contributed by atoms with Crippen molar-refractivity contribution in [3.63, 3.8) is 0 Å². The van der Waals surface area contributed by atoms with Crippen molar-refractivity contribution >= 4 is 28.9 Å². The Bertz CT molecular complexity index is 654. The Hall–Kier alpha value is -2.00. The number of nitrogens with one attached hydrogen (secondary N) is 1. The summed E-state index contributed by atoms with van der Waals surface area (Å²) >= 11 is 5.85. The molecular formula is C17H17ClN2O. The zero-order chi connectivity index (χ0) is 14.8. The van der Waals surface area contributed by atoms with E-state index < -0.39 is 0 Å². The molecule has 0 aromatic heterocycles. The Labute approximate surface area is 129 Å². The first-order valence-electron chi connectivity index (χ1n) is 7.06. The number of halogens is 1. The van der Waals surface area contributed by atoms with Crippen LogP contribution in [0, 0.1) is 0 Å². The third-order valence-electron chi connectivity index (χ3n) is 3.88. The van der Waals surface area contributed by atoms with Gasteiger partial charge in [0.2, 0.25) is 5.91 Å². The molecule has 3 rings (SSSR count). The minimum Gasteiger partial charge on any atom is -0.359 e. The van der Waals surface area contributed by atoms with Crippen molar-refractivity contribution in [1.29, 1.82) is 0 Å². The largest absolute Gasteiger partial charge is 0.359 e. The second kappa shape index (κ2) is 5.78. The number of hydrogen-bond donors (Lipinski definition) is 1. The number of hydrogen-bond acceptors (Lipinski definition) is 2. The van der Waals surface area contributed by atoms with E-state index in [1.807, 2.05) is 31.2 Å². The lowest BCUT2D eigenvalue weighted by Crippen LogP contribution is -2.41. The molecule has 1 heterocycles. The molecule has 0 spiro atoms. The quantitative estimate of drug-likeness (QED) is 0.937. The highest BCUT2D eigenvalue weighted by Crippen LogP contribution is 2.29. The van der Waals surface area contributed by atoms with Crippen LogP contribution in [0.1, 0.15) is 12.5 Å². The number of amides is 1. The maximum atomic E-state index is 12.4. The molecule has 3 nitrogen and oxygen atoms in total. The van der Waals surface area contributed by atoms with Crippen molar-refractivity contribution in [1.82, 2.24) is 0 Å². The zero-order valence-electron chi connectivity index (χ0n) is 11.8. The topological polar surface area (TPSA) is 32.3 Å². The van der Waals surface area contributed by atoms with Crippen LogP contribution >= 0.6 is 11.6 Å². The van der Waals surface area contributed by atoms with Gasteiger partial charge in [-0.1, -0.05) is 29.8 Å². The van der Waals surface area contributed by atoms with Crippen LogP contribution < -0.4 is 10.2 Å². The average molecular weight is 301 g/mol. The molecule has 2 aromatic rings. The van der Waals surface area contributed by atoms with Crippen LogP contribution in [0.3, 0.4) is 0 Å². The Kier molecular flexibility index (Phi) is 3.84. The van der Waals surface area contributed by atoms with Gasteiger partial charge in [0.15, 0.2) is 0 Å². The minimum absolute atomic E-state index is 0.00553. The number of para-hydroxylation sites is 1. The normalized spacial score (nSPS) is 14.7. The van der Waals surface area contributed by atoms with Gasteiger partial charge in [0.1, 0.15) is 6.04 Å². The lowest BCUT2D eigenvalue weighted by molar-refractivity contribution is -0.117. The molecule has 0 radical (unpaired) electrons. The van der Waals surface area contributed by atoms with Crippen molar-refractivity contribution in [2.24, 2.45) is 0 Å². The Morgan fingerprint density at radius 3 is 2.67 bits per heavy atom. The van der Waals surface area contributed by atoms with Crippen LogP contribution in [-0.2, 0) is 11.2 Å². The van der Waals surface area contributed by atoms with Crippen LogP contribution in [0.25, 0.3) is 0 Å². The number of carbonyl (C=O) groups excluding carboxylic acids is 1. The highest BCUT2D eigenvalue weighted by atomic mass is 35.5. The molecule has 0 saturated heterocycles. The van der Waals surface area contributed by atoms with Crippen molar-refractivity contribution in [2.75, 3.05) is 16.8 Å². The summed E-state index contributed by atoms with van der Waals surface area (Å²) in [5.41, 5.74) is 3.24. The summed E-state index contributed by atoms with van der Waals surface area (Å²) in [6, 6.07) is 15.2. The Morgan fingerprint density at radius 1 is 1.19 bits per heavy atom. The standard InChI is InChI=1S/C17H17ClN2O/c1-12(17(21)19-15-8-6-14(18)7-9-15)20-11-10-13-4-2-3-5-16(13)20/h2-9,12H,10-11H2,1H3,(H,19,21)/t12-/m1/s1. The monoisotopic (exact) mass is 300 g/mol. The first kappa shape index (κ1) is 14.0. The molecule has 4 heteroatoms. The van der Waals surface area contributed by atoms with Gasteiger partial charge in [0.25, 0.3) is 0 Å². The lowest BCUT2D eigenvalue weighted by Gasteiger charge is -2.26. The van der Waals surface area contributed by atoms with Gasteiger partial charge < -0.3 is 10.2 Å². The van der Waals surface area contributed by atoms with Gasteiger partial charge in [-0.3, -0.25) is 4.79 Å². The van der Waals surface area contributed by atoms with Gasteiger partial charge in [-0.2, -0.15) is 0 Å². The Balaban J connectivity index is 1.72. The molecular weight excluding hydrogens is 284 g/mol. The number of anilines is 2. The number of carbonyl (C=O) groups is 1. The summed E-state index contributed by atoms with van der Waals surface area (Å²) in [6.45, 7) is 2.82. The molecule has 2 aromatic carbocycles. The van der Waals surface area contributed by atoms with Crippen molar-refractivity contribution in [2.45, 2.75) is 19.4 Å². The van der Waals surface area contributed by atoms with E-state index in [0.29, 0.717) is 5.02 Å². The summed E-state index contributed by atoms with van der Waals surface area (Å²) in [5.74, 6) is -0.00553. The fourth-order valence-corrected chi connectivity index (χ4v) is 2.81. The highest BCUT2D eigenvalue weighted by Gasteiger charge is 2.27. The smallest absolute Gasteiger partial charge is 0.246 e. The number of rotatable bonds is 3. The maximum Gasteiger partial charge on any atom is 0.246 e. The molecule has 21 heavy (non-hydrogen) atoms. The van der Waals surface area contributed by atoms with Gasteiger partial charge in [-0.05, 0) is 49.2 Å². The van der Waals surface area contributed by atoms with E-state index in [1.54, 1.807) is 12.1 Å². The molecule has 1 atom stereocenters. The molecule has 108 valence electrons. The average Bonchev–Trinajstić information content (AvgIpc) is 2.92. The van der Waals surface area contributed by atoms with E-state index in [-0.39, 0.29) is 11.9 Å². The molecule has 0 aliphatic carbocycles. The van der Waals surface area contributed by atoms with Crippen LogP contribution in [0.5, 0.6) is 0 Å². The van der Waals surface area contributed by atoms with Crippen LogP contribution in [0.4, 0.5) is 11.4 Å². The van der Waals surface area contributed by atoms with E-state index >= 15 is 0 Å². The predicted molar refractivity (Wildman–Crippen MR) is 87.0 cm³/mol. The maximum absolute atomic E-state index is 12.4. The van der Waals surface area contributed by atoms with Crippen LogP contribution in [0.15, 0.2) is 48.5 Å². The molecule has 0 bridgehead atoms. The van der Waals surface area contributed by atoms with E-state index in [0.717, 1.165) is 24.3 Å². The Morgan fingerprint density at radius 2 is 1.90 bits per heavy atom. The van der Waals surface area contributed by atoms with Crippen molar-refractivity contribution in [3.05, 3.63) is 59.1 Å². The molecule has 1 aliphatic heterocycles. The second-order valence-electron chi connectivity index (χ2n) is 5.24. The van der Waals surface area contributed by atoms with Gasteiger partial charge >= 0.3 is 0 Å². The second-order valence-corrected chi connectivity index (χ2v) is 5.68. The summed E-state index contributed by atoms with van der Waals surface area (Å²) < 4.78 is 0. The third kappa shape index (κ3) is 2.88. The van der Waals surface area contributed by atoms with E-state index in [2.05, 4.69) is 22.3 Å². The molecule has 1 aliphatic rings. The molecule has 0 fully saturated rings. The minimum atomic E-state index is -0.204. The molecule has 1 N–H and O–H groups in total.